The first-order valence-electron chi connectivity index (χ1n) is 6.36. The van der Waals surface area contributed by atoms with E-state index in [1.165, 1.54) is 0 Å². The van der Waals surface area contributed by atoms with Crippen LogP contribution in [0.25, 0.3) is 0 Å². The van der Waals surface area contributed by atoms with Crippen LogP contribution in [0.15, 0.2) is 18.7 Å². The Morgan fingerprint density at radius 2 is 2.50 bits per heavy atom. The van der Waals surface area contributed by atoms with Gasteiger partial charge in [0.1, 0.15) is 6.23 Å². The van der Waals surface area contributed by atoms with Gasteiger partial charge in [0.15, 0.2) is 5.11 Å². The molecule has 0 radical (unpaired) electrons. The highest BCUT2D eigenvalue weighted by Gasteiger charge is 2.22. The lowest BCUT2D eigenvalue weighted by Crippen LogP contribution is -2.42. The molecule has 2 heterocycles. The summed E-state index contributed by atoms with van der Waals surface area (Å²) in [6.07, 6.45) is 7.69. The van der Waals surface area contributed by atoms with Crippen LogP contribution in [0.4, 0.5) is 0 Å². The van der Waals surface area contributed by atoms with Crippen molar-refractivity contribution in [2.75, 3.05) is 13.2 Å². The van der Waals surface area contributed by atoms with E-state index < -0.39 is 0 Å². The van der Waals surface area contributed by atoms with Crippen molar-refractivity contribution in [2.24, 2.45) is 5.92 Å². The van der Waals surface area contributed by atoms with E-state index in [4.69, 9.17) is 17.0 Å². The molecular formula is C12H20N4OS. The number of hydrogen-bond acceptors (Lipinski definition) is 3. The third-order valence-corrected chi connectivity index (χ3v) is 3.19. The number of hydrogen-bond donors (Lipinski definition) is 2. The van der Waals surface area contributed by atoms with Crippen molar-refractivity contribution < 1.29 is 4.74 Å². The first-order valence-corrected chi connectivity index (χ1v) is 6.76. The van der Waals surface area contributed by atoms with Gasteiger partial charge in [0.2, 0.25) is 0 Å². The van der Waals surface area contributed by atoms with Crippen molar-refractivity contribution in [1.82, 2.24) is 20.2 Å². The highest BCUT2D eigenvalue weighted by molar-refractivity contribution is 7.80. The molecular weight excluding hydrogens is 248 g/mol. The summed E-state index contributed by atoms with van der Waals surface area (Å²) >= 11 is 5.22. The molecule has 1 aromatic heterocycles. The van der Waals surface area contributed by atoms with Gasteiger partial charge in [-0.15, -0.1) is 0 Å². The third-order valence-electron chi connectivity index (χ3n) is 2.93. The standard InChI is InChI=1S/C12H20N4OS/c1-10-7-11(17-8-10)15-12(18)14-3-2-5-16-6-4-13-9-16/h4,6,9-11H,2-3,5,7-8H2,1H3,(H2,14,15,18). The fourth-order valence-corrected chi connectivity index (χ4v) is 2.20. The average molecular weight is 268 g/mol. The van der Waals surface area contributed by atoms with Crippen LogP contribution in [0.1, 0.15) is 19.8 Å². The van der Waals surface area contributed by atoms with E-state index in [-0.39, 0.29) is 6.23 Å². The minimum Gasteiger partial charge on any atom is -0.363 e. The molecule has 5 nitrogen and oxygen atoms in total. The molecule has 0 saturated carbocycles. The van der Waals surface area contributed by atoms with Crippen LogP contribution >= 0.6 is 12.2 Å². The van der Waals surface area contributed by atoms with E-state index in [2.05, 4.69) is 27.1 Å². The summed E-state index contributed by atoms with van der Waals surface area (Å²) in [5.41, 5.74) is 0. The summed E-state index contributed by atoms with van der Waals surface area (Å²) < 4.78 is 7.61. The predicted octanol–water partition coefficient (Wildman–Crippen LogP) is 1.12. The maximum absolute atomic E-state index is 5.55. The van der Waals surface area contributed by atoms with E-state index in [0.29, 0.717) is 11.0 Å². The topological polar surface area (TPSA) is 51.1 Å². The lowest BCUT2D eigenvalue weighted by molar-refractivity contribution is 0.0967. The Hall–Kier alpha value is -1.14. The molecule has 1 saturated heterocycles. The lowest BCUT2D eigenvalue weighted by atomic mass is 10.1. The SMILES string of the molecule is CC1COC(NC(=S)NCCCn2ccnc2)C1. The molecule has 0 amide bonds. The van der Waals surface area contributed by atoms with Gasteiger partial charge < -0.3 is 19.9 Å². The number of imidazole rings is 1. The monoisotopic (exact) mass is 268 g/mol. The smallest absolute Gasteiger partial charge is 0.168 e. The van der Waals surface area contributed by atoms with Crippen molar-refractivity contribution in [2.45, 2.75) is 32.5 Å². The fraction of sp³-hybridized carbons (Fsp3) is 0.667. The second kappa shape index (κ2) is 6.70. The van der Waals surface area contributed by atoms with Crippen molar-refractivity contribution in [3.8, 4) is 0 Å². The lowest BCUT2D eigenvalue weighted by Gasteiger charge is -2.15. The highest BCUT2D eigenvalue weighted by atomic mass is 32.1. The van der Waals surface area contributed by atoms with Crippen LogP contribution in [0, 0.1) is 5.92 Å². The molecule has 1 fully saturated rings. The molecule has 6 heteroatoms. The van der Waals surface area contributed by atoms with Crippen LogP contribution in [-0.4, -0.2) is 34.0 Å². The second-order valence-corrected chi connectivity index (χ2v) is 5.13. The zero-order chi connectivity index (χ0) is 12.8. The second-order valence-electron chi connectivity index (χ2n) is 4.72. The molecule has 0 spiro atoms. The molecule has 0 aliphatic carbocycles. The van der Waals surface area contributed by atoms with E-state index in [1.807, 2.05) is 12.5 Å². The zero-order valence-corrected chi connectivity index (χ0v) is 11.4. The number of aryl methyl sites for hydroxylation is 1. The molecule has 0 aromatic carbocycles. The minimum atomic E-state index is 0.0775. The van der Waals surface area contributed by atoms with Crippen LogP contribution in [0.2, 0.25) is 0 Å². The van der Waals surface area contributed by atoms with Gasteiger partial charge >= 0.3 is 0 Å². The van der Waals surface area contributed by atoms with Gasteiger partial charge in [0.05, 0.1) is 12.9 Å². The largest absolute Gasteiger partial charge is 0.363 e. The summed E-state index contributed by atoms with van der Waals surface area (Å²) in [7, 11) is 0. The number of nitrogens with zero attached hydrogens (tertiary/aromatic N) is 2. The average Bonchev–Trinajstić information content (AvgIpc) is 2.96. The van der Waals surface area contributed by atoms with Gasteiger partial charge in [0.25, 0.3) is 0 Å². The number of thiocarbonyl (C=S) groups is 1. The molecule has 2 atom stereocenters. The van der Waals surface area contributed by atoms with Crippen LogP contribution in [-0.2, 0) is 11.3 Å². The Morgan fingerprint density at radius 1 is 1.61 bits per heavy atom. The van der Waals surface area contributed by atoms with Gasteiger partial charge in [-0.25, -0.2) is 4.98 Å². The van der Waals surface area contributed by atoms with Gasteiger partial charge in [-0.2, -0.15) is 0 Å². The molecule has 2 unspecified atom stereocenters. The van der Waals surface area contributed by atoms with Crippen molar-refractivity contribution in [1.29, 1.82) is 0 Å². The molecule has 1 aliphatic rings. The third kappa shape index (κ3) is 4.27. The Labute approximate surface area is 113 Å². The molecule has 2 rings (SSSR count). The van der Waals surface area contributed by atoms with Crippen LogP contribution in [0.3, 0.4) is 0 Å². The number of nitrogens with one attached hydrogen (secondary N) is 2. The summed E-state index contributed by atoms with van der Waals surface area (Å²) in [5, 5.41) is 7.06. The summed E-state index contributed by atoms with van der Waals surface area (Å²) in [5.74, 6) is 0.617. The van der Waals surface area contributed by atoms with Gasteiger partial charge in [-0.05, 0) is 31.0 Å². The molecule has 100 valence electrons. The molecule has 2 N–H and O–H groups in total. The Kier molecular flexibility index (Phi) is 4.95. The maximum atomic E-state index is 5.55. The maximum Gasteiger partial charge on any atom is 0.168 e. The van der Waals surface area contributed by atoms with E-state index in [0.717, 1.165) is 32.5 Å². The molecule has 1 aliphatic heterocycles. The van der Waals surface area contributed by atoms with Gasteiger partial charge in [-0.1, -0.05) is 6.92 Å². The van der Waals surface area contributed by atoms with Crippen molar-refractivity contribution >= 4 is 17.3 Å². The Bertz CT molecular complexity index is 368. The molecule has 1 aromatic rings. The van der Waals surface area contributed by atoms with Crippen molar-refractivity contribution in [3.63, 3.8) is 0 Å². The van der Waals surface area contributed by atoms with Gasteiger partial charge in [-0.3, -0.25) is 0 Å². The van der Waals surface area contributed by atoms with Crippen LogP contribution < -0.4 is 10.6 Å². The first kappa shape index (κ1) is 13.3. The zero-order valence-electron chi connectivity index (χ0n) is 10.6. The van der Waals surface area contributed by atoms with Crippen LogP contribution in [0.5, 0.6) is 0 Å². The number of aromatic nitrogens is 2. The van der Waals surface area contributed by atoms with E-state index in [9.17, 15) is 0 Å². The fourth-order valence-electron chi connectivity index (χ4n) is 1.96. The first-order chi connectivity index (χ1) is 8.74. The minimum absolute atomic E-state index is 0.0775. The summed E-state index contributed by atoms with van der Waals surface area (Å²) in [4.78, 5) is 4.00. The number of rotatable bonds is 5. The molecule has 0 bridgehead atoms. The van der Waals surface area contributed by atoms with E-state index in [1.54, 1.807) is 6.20 Å². The predicted molar refractivity (Wildman–Crippen MR) is 74.1 cm³/mol. The summed E-state index contributed by atoms with van der Waals surface area (Å²) in [6.45, 7) is 4.81. The van der Waals surface area contributed by atoms with Crippen molar-refractivity contribution in [3.05, 3.63) is 18.7 Å². The quantitative estimate of drug-likeness (QED) is 0.619. The Balaban J connectivity index is 1.55. The van der Waals surface area contributed by atoms with Gasteiger partial charge in [0, 0.05) is 25.5 Å². The molecule has 18 heavy (non-hydrogen) atoms. The number of ether oxygens (including phenoxy) is 1. The summed E-state index contributed by atoms with van der Waals surface area (Å²) in [6, 6.07) is 0. The highest BCUT2D eigenvalue weighted by Crippen LogP contribution is 2.16. The Morgan fingerprint density at radius 3 is 3.17 bits per heavy atom. The van der Waals surface area contributed by atoms with E-state index >= 15 is 0 Å². The normalized spacial score (nSPS) is 22.9.